The Morgan fingerprint density at radius 2 is 2.00 bits per heavy atom. The highest BCUT2D eigenvalue weighted by atomic mass is 32.2. The number of hydrogen-bond donors (Lipinski definition) is 2. The van der Waals surface area contributed by atoms with E-state index in [2.05, 4.69) is 46.5 Å². The Labute approximate surface area is 124 Å². The molecule has 0 radical (unpaired) electrons. The largest absolute Gasteiger partial charge is 0.383 e. The number of nitrogens with zero attached hydrogens (tertiary/aromatic N) is 2. The van der Waals surface area contributed by atoms with E-state index >= 15 is 0 Å². The van der Waals surface area contributed by atoms with Crippen LogP contribution in [-0.2, 0) is 6.42 Å². The molecule has 0 fully saturated rings. The highest BCUT2D eigenvalue weighted by Crippen LogP contribution is 2.16. The van der Waals surface area contributed by atoms with Crippen LogP contribution in [0.25, 0.3) is 0 Å². The minimum Gasteiger partial charge on any atom is -0.383 e. The summed E-state index contributed by atoms with van der Waals surface area (Å²) in [5, 5.41) is 4.08. The van der Waals surface area contributed by atoms with Crippen molar-refractivity contribution >= 4 is 23.4 Å². The lowest BCUT2D eigenvalue weighted by Gasteiger charge is -2.15. The van der Waals surface area contributed by atoms with Gasteiger partial charge in [-0.15, -0.1) is 0 Å². The number of anilines is 2. The Hall–Kier alpha value is -1.75. The van der Waals surface area contributed by atoms with Crippen molar-refractivity contribution in [2.75, 3.05) is 17.3 Å². The summed E-state index contributed by atoms with van der Waals surface area (Å²) < 4.78 is 0. The first-order valence-corrected chi connectivity index (χ1v) is 7.89. The van der Waals surface area contributed by atoms with Crippen LogP contribution in [0.5, 0.6) is 0 Å². The number of aromatic nitrogens is 2. The first-order valence-electron chi connectivity index (χ1n) is 6.66. The van der Waals surface area contributed by atoms with Crippen molar-refractivity contribution in [2.24, 2.45) is 0 Å². The Kier molecular flexibility index (Phi) is 5.24. The van der Waals surface area contributed by atoms with Crippen molar-refractivity contribution in [3.63, 3.8) is 0 Å². The molecule has 1 atom stereocenters. The summed E-state index contributed by atoms with van der Waals surface area (Å²) in [6, 6.07) is 12.6. The number of thioether (sulfide) groups is 1. The van der Waals surface area contributed by atoms with E-state index in [1.54, 1.807) is 6.07 Å². The molecule has 5 heteroatoms. The molecule has 2 rings (SSSR count). The summed E-state index contributed by atoms with van der Waals surface area (Å²) in [6.07, 6.45) is 4.03. The minimum absolute atomic E-state index is 0.333. The van der Waals surface area contributed by atoms with Crippen LogP contribution in [0, 0.1) is 0 Å². The van der Waals surface area contributed by atoms with E-state index in [9.17, 15) is 0 Å². The Balaban J connectivity index is 1.91. The lowest BCUT2D eigenvalue weighted by Crippen LogP contribution is -2.17. The third kappa shape index (κ3) is 4.42. The van der Waals surface area contributed by atoms with Gasteiger partial charge in [-0.3, -0.25) is 0 Å². The zero-order chi connectivity index (χ0) is 14.4. The quantitative estimate of drug-likeness (QED) is 0.631. The predicted molar refractivity (Wildman–Crippen MR) is 86.1 cm³/mol. The fourth-order valence-corrected chi connectivity index (χ4v) is 2.35. The first-order chi connectivity index (χ1) is 9.67. The second-order valence-electron chi connectivity index (χ2n) is 4.73. The van der Waals surface area contributed by atoms with E-state index in [1.807, 2.05) is 12.3 Å². The van der Waals surface area contributed by atoms with Crippen molar-refractivity contribution in [3.8, 4) is 0 Å². The zero-order valence-corrected chi connectivity index (χ0v) is 12.7. The smallest absolute Gasteiger partial charge is 0.191 e. The molecule has 1 heterocycles. The number of nitrogen functional groups attached to an aromatic ring is 1. The van der Waals surface area contributed by atoms with E-state index in [4.69, 9.17) is 5.73 Å². The molecular formula is C15H20N4S. The highest BCUT2D eigenvalue weighted by Gasteiger charge is 2.06. The average molecular weight is 288 g/mol. The Morgan fingerprint density at radius 1 is 1.25 bits per heavy atom. The molecular weight excluding hydrogens is 268 g/mol. The van der Waals surface area contributed by atoms with E-state index in [1.165, 1.54) is 17.3 Å². The molecule has 20 heavy (non-hydrogen) atoms. The van der Waals surface area contributed by atoms with Gasteiger partial charge in [0.05, 0.1) is 0 Å². The van der Waals surface area contributed by atoms with Gasteiger partial charge in [-0.25, -0.2) is 9.97 Å². The zero-order valence-electron chi connectivity index (χ0n) is 11.8. The molecule has 0 aliphatic carbocycles. The summed E-state index contributed by atoms with van der Waals surface area (Å²) >= 11 is 1.49. The number of aryl methyl sites for hydroxylation is 1. The molecule has 0 aliphatic heterocycles. The first kappa shape index (κ1) is 14.7. The second kappa shape index (κ2) is 7.14. The lowest BCUT2D eigenvalue weighted by molar-refractivity contribution is 0.700. The van der Waals surface area contributed by atoms with E-state index < -0.39 is 0 Å². The maximum atomic E-state index is 5.77. The fourth-order valence-electron chi connectivity index (χ4n) is 1.96. The molecule has 106 valence electrons. The van der Waals surface area contributed by atoms with Crippen LogP contribution >= 0.6 is 11.8 Å². The van der Waals surface area contributed by atoms with Gasteiger partial charge in [0.1, 0.15) is 11.6 Å². The van der Waals surface area contributed by atoms with Crippen LogP contribution in [0.1, 0.15) is 18.9 Å². The van der Waals surface area contributed by atoms with Crippen LogP contribution in [0.15, 0.2) is 41.6 Å². The fraction of sp³-hybridized carbons (Fsp3) is 0.333. The predicted octanol–water partition coefficient (Wildman–Crippen LogP) is 3.21. The van der Waals surface area contributed by atoms with Crippen LogP contribution in [0.4, 0.5) is 11.6 Å². The van der Waals surface area contributed by atoms with Crippen LogP contribution in [0.3, 0.4) is 0 Å². The molecule has 0 saturated carbocycles. The third-order valence-electron chi connectivity index (χ3n) is 3.01. The third-order valence-corrected chi connectivity index (χ3v) is 3.56. The number of hydrogen-bond acceptors (Lipinski definition) is 5. The van der Waals surface area contributed by atoms with E-state index in [-0.39, 0.29) is 0 Å². The molecule has 1 aromatic carbocycles. The molecule has 1 unspecified atom stereocenters. The van der Waals surface area contributed by atoms with Crippen molar-refractivity contribution in [3.05, 3.63) is 42.0 Å². The summed E-state index contributed by atoms with van der Waals surface area (Å²) in [7, 11) is 0. The number of nitrogens with one attached hydrogen (secondary N) is 1. The summed E-state index contributed by atoms with van der Waals surface area (Å²) in [6.45, 7) is 2.15. The Morgan fingerprint density at radius 3 is 2.70 bits per heavy atom. The average Bonchev–Trinajstić information content (AvgIpc) is 2.45. The molecule has 0 spiro atoms. The highest BCUT2D eigenvalue weighted by molar-refractivity contribution is 7.98. The molecule has 2 aromatic rings. The van der Waals surface area contributed by atoms with Crippen LogP contribution in [-0.4, -0.2) is 22.3 Å². The van der Waals surface area contributed by atoms with Gasteiger partial charge in [0.15, 0.2) is 5.16 Å². The van der Waals surface area contributed by atoms with Crippen molar-refractivity contribution < 1.29 is 0 Å². The Bertz CT molecular complexity index is 545. The molecule has 0 bridgehead atoms. The molecule has 4 nitrogen and oxygen atoms in total. The van der Waals surface area contributed by atoms with Crippen molar-refractivity contribution in [1.29, 1.82) is 0 Å². The second-order valence-corrected chi connectivity index (χ2v) is 5.51. The van der Waals surface area contributed by atoms with Gasteiger partial charge < -0.3 is 11.1 Å². The maximum Gasteiger partial charge on any atom is 0.191 e. The minimum atomic E-state index is 0.333. The summed E-state index contributed by atoms with van der Waals surface area (Å²) in [5.74, 6) is 1.30. The number of nitrogens with two attached hydrogens (primary N) is 1. The molecule has 0 aliphatic rings. The normalized spacial score (nSPS) is 12.1. The van der Waals surface area contributed by atoms with Gasteiger partial charge in [0.25, 0.3) is 0 Å². The van der Waals surface area contributed by atoms with Gasteiger partial charge in [0.2, 0.25) is 0 Å². The molecule has 3 N–H and O–H groups in total. The van der Waals surface area contributed by atoms with Crippen LogP contribution < -0.4 is 11.1 Å². The van der Waals surface area contributed by atoms with Gasteiger partial charge in [-0.05, 0) is 31.6 Å². The van der Waals surface area contributed by atoms with E-state index in [0.717, 1.165) is 18.7 Å². The molecule has 0 amide bonds. The number of rotatable bonds is 6. The maximum absolute atomic E-state index is 5.77. The summed E-state index contributed by atoms with van der Waals surface area (Å²) in [5.41, 5.74) is 7.13. The number of benzene rings is 1. The molecule has 1 aromatic heterocycles. The van der Waals surface area contributed by atoms with Gasteiger partial charge in [0, 0.05) is 12.1 Å². The van der Waals surface area contributed by atoms with E-state index in [0.29, 0.717) is 17.0 Å². The van der Waals surface area contributed by atoms with Gasteiger partial charge in [-0.1, -0.05) is 42.1 Å². The van der Waals surface area contributed by atoms with Crippen LogP contribution in [0.2, 0.25) is 0 Å². The molecule has 0 saturated heterocycles. The monoisotopic (exact) mass is 288 g/mol. The topological polar surface area (TPSA) is 63.8 Å². The van der Waals surface area contributed by atoms with Crippen molar-refractivity contribution in [1.82, 2.24) is 9.97 Å². The standard InChI is InChI=1S/C15H20N4S/c1-11(8-9-12-6-4-3-5-7-12)17-14-10-13(16)18-15(19-14)20-2/h3-7,10-11H,8-9H2,1-2H3,(H3,16,17,18,19). The van der Waals surface area contributed by atoms with Gasteiger partial charge >= 0.3 is 0 Å². The summed E-state index contributed by atoms with van der Waals surface area (Å²) in [4.78, 5) is 8.55. The van der Waals surface area contributed by atoms with Crippen molar-refractivity contribution in [2.45, 2.75) is 31.0 Å². The SMILES string of the molecule is CSc1nc(N)cc(NC(C)CCc2ccccc2)n1. The van der Waals surface area contributed by atoms with Gasteiger partial charge in [-0.2, -0.15) is 0 Å². The lowest BCUT2D eigenvalue weighted by atomic mass is 10.1.